The maximum Gasteiger partial charge on any atom is 0.338 e. The molecular formula is C14H19BO4. The van der Waals surface area contributed by atoms with Crippen LogP contribution >= 0.6 is 0 Å². The first-order valence-corrected chi connectivity index (χ1v) is 6.02. The molecule has 1 aliphatic rings. The van der Waals surface area contributed by atoms with Gasteiger partial charge in [0, 0.05) is 5.56 Å². The molecule has 0 fully saturated rings. The van der Waals surface area contributed by atoms with Gasteiger partial charge in [-0.05, 0) is 33.8 Å². The number of aliphatic hydroxyl groups is 2. The summed E-state index contributed by atoms with van der Waals surface area (Å²) in [6.45, 7) is 6.67. The molecule has 102 valence electrons. The molecule has 0 bridgehead atoms. The van der Waals surface area contributed by atoms with Crippen LogP contribution in [-0.4, -0.2) is 35.2 Å². The summed E-state index contributed by atoms with van der Waals surface area (Å²) < 4.78 is 4.78. The van der Waals surface area contributed by atoms with Gasteiger partial charge in [0.05, 0.1) is 16.8 Å². The molecule has 0 saturated carbocycles. The molecule has 0 aliphatic carbocycles. The number of rotatable bonds is 1. The minimum Gasteiger partial charge on any atom is -0.457 e. The van der Waals surface area contributed by atoms with E-state index < -0.39 is 11.2 Å². The topological polar surface area (TPSA) is 66.8 Å². The Bertz CT molecular complexity index is 457. The monoisotopic (exact) mass is 262 g/mol. The molecule has 2 N–H and O–H groups in total. The highest BCUT2D eigenvalue weighted by Gasteiger charge is 2.31. The molecule has 2 rings (SSSR count). The first kappa shape index (κ1) is 15.7. The van der Waals surface area contributed by atoms with Crippen LogP contribution in [0.25, 0.3) is 0 Å². The van der Waals surface area contributed by atoms with Gasteiger partial charge in [0.1, 0.15) is 14.5 Å². The molecule has 1 aromatic carbocycles. The van der Waals surface area contributed by atoms with Crippen LogP contribution in [0.15, 0.2) is 18.2 Å². The first-order valence-electron chi connectivity index (χ1n) is 6.02. The lowest BCUT2D eigenvalue weighted by molar-refractivity contribution is -0.107. The highest BCUT2D eigenvalue weighted by molar-refractivity contribution is 6.32. The number of benzene rings is 1. The molecule has 1 aliphatic heterocycles. The summed E-state index contributed by atoms with van der Waals surface area (Å²) in [5.41, 5.74) is 0.177. The Morgan fingerprint density at radius 2 is 1.68 bits per heavy atom. The minimum absolute atomic E-state index is 0.250. The number of fused-ring (bicyclic) bond motifs is 1. The summed E-state index contributed by atoms with van der Waals surface area (Å²) in [6.07, 6.45) is 0. The average Bonchev–Trinajstić information content (AvgIpc) is 2.57. The summed E-state index contributed by atoms with van der Waals surface area (Å²) >= 11 is 0. The molecule has 0 atom stereocenters. The molecule has 0 unspecified atom stereocenters. The van der Waals surface area contributed by atoms with E-state index in [1.54, 1.807) is 45.9 Å². The van der Waals surface area contributed by atoms with Crippen LogP contribution in [0.3, 0.4) is 0 Å². The third kappa shape index (κ3) is 4.08. The Kier molecular flexibility index (Phi) is 4.43. The van der Waals surface area contributed by atoms with Crippen molar-refractivity contribution in [3.63, 3.8) is 0 Å². The predicted octanol–water partition coefficient (Wildman–Crippen LogP) is 0.679. The molecule has 4 nitrogen and oxygen atoms in total. The van der Waals surface area contributed by atoms with Crippen molar-refractivity contribution in [1.82, 2.24) is 0 Å². The summed E-state index contributed by atoms with van der Waals surface area (Å²) in [5.74, 6) is -0.250. The molecule has 0 aromatic heterocycles. The molecule has 0 saturated heterocycles. The van der Waals surface area contributed by atoms with Crippen LogP contribution in [0, 0.1) is 0 Å². The van der Waals surface area contributed by atoms with E-state index in [9.17, 15) is 4.79 Å². The van der Waals surface area contributed by atoms with Crippen molar-refractivity contribution in [3.05, 3.63) is 29.3 Å². The van der Waals surface area contributed by atoms with Crippen molar-refractivity contribution >= 4 is 19.3 Å². The van der Waals surface area contributed by atoms with E-state index in [1.165, 1.54) is 0 Å². The van der Waals surface area contributed by atoms with Gasteiger partial charge >= 0.3 is 5.97 Å². The first-order chi connectivity index (χ1) is 8.52. The van der Waals surface area contributed by atoms with E-state index in [4.69, 9.17) is 22.8 Å². The van der Waals surface area contributed by atoms with E-state index >= 15 is 0 Å². The van der Waals surface area contributed by atoms with Crippen molar-refractivity contribution < 1.29 is 19.7 Å². The highest BCUT2D eigenvalue weighted by atomic mass is 16.5. The van der Waals surface area contributed by atoms with Crippen molar-refractivity contribution in [3.8, 4) is 0 Å². The van der Waals surface area contributed by atoms with Crippen molar-refractivity contribution in [2.24, 2.45) is 0 Å². The Morgan fingerprint density at radius 1 is 1.16 bits per heavy atom. The number of carbonyl (C=O) groups excluding carboxylic acids is 1. The summed E-state index contributed by atoms with van der Waals surface area (Å²) in [5, 5.41) is 18.2. The molecule has 0 amide bonds. The fourth-order valence-electron chi connectivity index (χ4n) is 1.15. The molecule has 1 heterocycles. The van der Waals surface area contributed by atoms with E-state index in [0.717, 1.165) is 5.56 Å². The van der Waals surface area contributed by atoms with Gasteiger partial charge in [0.2, 0.25) is 0 Å². The molecule has 2 radical (unpaired) electrons. The second-order valence-corrected chi connectivity index (χ2v) is 5.61. The Labute approximate surface area is 114 Å². The van der Waals surface area contributed by atoms with Gasteiger partial charge in [0.25, 0.3) is 0 Å². The minimum atomic E-state index is -1.01. The smallest absolute Gasteiger partial charge is 0.338 e. The number of hydrogen-bond donors (Lipinski definition) is 2. The molecule has 1 aromatic rings. The lowest BCUT2D eigenvalue weighted by Crippen LogP contribution is -2.44. The second-order valence-electron chi connectivity index (χ2n) is 5.61. The maximum atomic E-state index is 10.9. The van der Waals surface area contributed by atoms with E-state index in [-0.39, 0.29) is 5.97 Å². The van der Waals surface area contributed by atoms with E-state index in [1.807, 2.05) is 0 Å². The van der Waals surface area contributed by atoms with Crippen molar-refractivity contribution in [2.45, 2.75) is 45.5 Å². The lowest BCUT2D eigenvalue weighted by atomic mass is 9.90. The molecular weight excluding hydrogens is 243 g/mol. The fourth-order valence-corrected chi connectivity index (χ4v) is 1.15. The average molecular weight is 262 g/mol. The van der Waals surface area contributed by atoms with Crippen molar-refractivity contribution in [2.75, 3.05) is 0 Å². The largest absolute Gasteiger partial charge is 0.457 e. The highest BCUT2D eigenvalue weighted by Crippen LogP contribution is 2.19. The quantitative estimate of drug-likeness (QED) is 0.577. The molecule has 19 heavy (non-hydrogen) atoms. The van der Waals surface area contributed by atoms with Crippen molar-refractivity contribution in [1.29, 1.82) is 0 Å². The Balaban J connectivity index is 0.000000203. The van der Waals surface area contributed by atoms with Gasteiger partial charge in [-0.15, -0.1) is 0 Å². The van der Waals surface area contributed by atoms with Gasteiger partial charge in [-0.25, -0.2) is 4.79 Å². The number of ether oxygens (including phenoxy) is 1. The zero-order chi connectivity index (χ0) is 14.8. The number of carbonyl (C=O) groups is 1. The third-order valence-corrected chi connectivity index (χ3v) is 3.21. The third-order valence-electron chi connectivity index (χ3n) is 3.21. The van der Waals surface area contributed by atoms with Crippen LogP contribution in [-0.2, 0) is 11.3 Å². The number of esters is 1. The Hall–Kier alpha value is -1.33. The van der Waals surface area contributed by atoms with Gasteiger partial charge < -0.3 is 14.9 Å². The van der Waals surface area contributed by atoms with Crippen LogP contribution in [0.2, 0.25) is 0 Å². The zero-order valence-corrected chi connectivity index (χ0v) is 11.7. The zero-order valence-electron chi connectivity index (χ0n) is 11.7. The number of hydrogen-bond acceptors (Lipinski definition) is 4. The Morgan fingerprint density at radius 3 is 2.16 bits per heavy atom. The summed E-state index contributed by atoms with van der Waals surface area (Å²) in [6, 6.07) is 5.16. The van der Waals surface area contributed by atoms with Crippen LogP contribution in [0.4, 0.5) is 0 Å². The summed E-state index contributed by atoms with van der Waals surface area (Å²) in [4.78, 5) is 10.9. The standard InChI is InChI=1S/C8H5BO2.C6H14O2/c9-6-1-2-7-5(3-6)4-11-8(7)10;1-5(2,7)6(3,4)8/h1-3H,4H2;7-8H,1-4H3. The predicted molar refractivity (Wildman–Crippen MR) is 73.5 cm³/mol. The maximum absolute atomic E-state index is 10.9. The summed E-state index contributed by atoms with van der Waals surface area (Å²) in [7, 11) is 5.51. The second kappa shape index (κ2) is 5.35. The van der Waals surface area contributed by atoms with Crippen LogP contribution < -0.4 is 5.46 Å². The van der Waals surface area contributed by atoms with Crippen LogP contribution in [0.1, 0.15) is 43.6 Å². The number of cyclic esters (lactones) is 1. The lowest BCUT2D eigenvalue weighted by Gasteiger charge is -2.31. The van der Waals surface area contributed by atoms with E-state index in [0.29, 0.717) is 17.6 Å². The SMILES string of the molecule is CC(C)(O)C(C)(C)O.[B]c1ccc2c(c1)COC2=O. The fraction of sp³-hybridized carbons (Fsp3) is 0.500. The molecule has 0 spiro atoms. The van der Waals surface area contributed by atoms with Gasteiger partial charge in [-0.2, -0.15) is 0 Å². The van der Waals surface area contributed by atoms with Gasteiger partial charge in [-0.1, -0.05) is 17.6 Å². The van der Waals surface area contributed by atoms with E-state index in [2.05, 4.69) is 0 Å². The molecule has 5 heteroatoms. The van der Waals surface area contributed by atoms with Crippen LogP contribution in [0.5, 0.6) is 0 Å². The van der Waals surface area contributed by atoms with Gasteiger partial charge in [-0.3, -0.25) is 0 Å². The normalized spacial score (nSPS) is 14.3. The van der Waals surface area contributed by atoms with Gasteiger partial charge in [0.15, 0.2) is 0 Å².